The summed E-state index contributed by atoms with van der Waals surface area (Å²) < 4.78 is 0. The average molecular weight is 306 g/mol. The van der Waals surface area contributed by atoms with Gasteiger partial charge in [-0.1, -0.05) is 24.3 Å². The van der Waals surface area contributed by atoms with Crippen molar-refractivity contribution in [2.75, 3.05) is 6.26 Å². The van der Waals surface area contributed by atoms with E-state index in [9.17, 15) is 4.79 Å². The first kappa shape index (κ1) is 14.9. The summed E-state index contributed by atoms with van der Waals surface area (Å²) in [5.74, 6) is 0.423. The molecular weight excluding hydrogens is 290 g/mol. The molecule has 0 fully saturated rings. The van der Waals surface area contributed by atoms with Crippen molar-refractivity contribution < 1.29 is 4.79 Å². The standard InChI is InChI=1S/C16H16ClNOS/c1-20-15-7-5-14(6-8-15)16(19)18-11-13-4-2-3-12(9-13)10-17/h2-9H,10-11H2,1H3,(H,18,19). The molecule has 0 radical (unpaired) electrons. The van der Waals surface area contributed by atoms with Gasteiger partial charge in [-0.15, -0.1) is 23.4 Å². The Hall–Kier alpha value is -1.45. The molecule has 0 saturated heterocycles. The van der Waals surface area contributed by atoms with E-state index in [1.165, 1.54) is 0 Å². The van der Waals surface area contributed by atoms with E-state index in [-0.39, 0.29) is 5.91 Å². The quantitative estimate of drug-likeness (QED) is 0.666. The fraction of sp³-hybridized carbons (Fsp3) is 0.188. The van der Waals surface area contributed by atoms with Crippen molar-refractivity contribution in [3.05, 3.63) is 65.2 Å². The van der Waals surface area contributed by atoms with E-state index in [0.717, 1.165) is 16.0 Å². The first-order valence-electron chi connectivity index (χ1n) is 6.29. The van der Waals surface area contributed by atoms with Crippen LogP contribution in [0.5, 0.6) is 0 Å². The molecule has 104 valence electrons. The van der Waals surface area contributed by atoms with E-state index in [4.69, 9.17) is 11.6 Å². The molecule has 0 atom stereocenters. The van der Waals surface area contributed by atoms with E-state index in [1.54, 1.807) is 11.8 Å². The van der Waals surface area contributed by atoms with Crippen LogP contribution >= 0.6 is 23.4 Å². The topological polar surface area (TPSA) is 29.1 Å². The Balaban J connectivity index is 1.97. The molecule has 1 amide bonds. The molecule has 0 aliphatic carbocycles. The first-order chi connectivity index (χ1) is 9.72. The second-order valence-corrected chi connectivity index (χ2v) is 5.51. The number of carbonyl (C=O) groups excluding carboxylic acids is 1. The molecule has 2 aromatic carbocycles. The number of alkyl halides is 1. The highest BCUT2D eigenvalue weighted by Gasteiger charge is 2.05. The van der Waals surface area contributed by atoms with Gasteiger partial charge in [0.1, 0.15) is 0 Å². The maximum absolute atomic E-state index is 12.0. The highest BCUT2D eigenvalue weighted by Crippen LogP contribution is 2.15. The van der Waals surface area contributed by atoms with Gasteiger partial charge >= 0.3 is 0 Å². The maximum Gasteiger partial charge on any atom is 0.251 e. The molecule has 0 bridgehead atoms. The fourth-order valence-corrected chi connectivity index (χ4v) is 2.42. The molecular formula is C16H16ClNOS. The average Bonchev–Trinajstić information content (AvgIpc) is 2.53. The second kappa shape index (κ2) is 7.36. The van der Waals surface area contributed by atoms with Crippen LogP contribution in [-0.4, -0.2) is 12.2 Å². The van der Waals surface area contributed by atoms with Crippen molar-refractivity contribution >= 4 is 29.3 Å². The SMILES string of the molecule is CSc1ccc(C(=O)NCc2cccc(CCl)c2)cc1. The molecule has 1 N–H and O–H groups in total. The van der Waals surface area contributed by atoms with E-state index in [0.29, 0.717) is 18.0 Å². The van der Waals surface area contributed by atoms with E-state index in [2.05, 4.69) is 5.32 Å². The first-order valence-corrected chi connectivity index (χ1v) is 8.05. The molecule has 0 aromatic heterocycles. The lowest BCUT2D eigenvalue weighted by atomic mass is 10.1. The lowest BCUT2D eigenvalue weighted by molar-refractivity contribution is 0.0951. The number of benzene rings is 2. The summed E-state index contributed by atoms with van der Waals surface area (Å²) in [5, 5.41) is 2.92. The van der Waals surface area contributed by atoms with Gasteiger partial charge in [0.05, 0.1) is 0 Å². The van der Waals surface area contributed by atoms with E-state index < -0.39 is 0 Å². The van der Waals surface area contributed by atoms with Crippen LogP contribution in [0.2, 0.25) is 0 Å². The third kappa shape index (κ3) is 4.02. The van der Waals surface area contributed by atoms with Gasteiger partial charge in [-0.2, -0.15) is 0 Å². The Labute approximate surface area is 128 Å². The lowest BCUT2D eigenvalue weighted by Gasteiger charge is -2.07. The summed E-state index contributed by atoms with van der Waals surface area (Å²) in [6, 6.07) is 15.5. The van der Waals surface area contributed by atoms with Crippen molar-refractivity contribution in [2.24, 2.45) is 0 Å². The normalized spacial score (nSPS) is 10.3. The van der Waals surface area contributed by atoms with Crippen LogP contribution in [0.15, 0.2) is 53.4 Å². The van der Waals surface area contributed by atoms with Gasteiger partial charge in [-0.25, -0.2) is 0 Å². The number of amides is 1. The molecule has 0 heterocycles. The fourth-order valence-electron chi connectivity index (χ4n) is 1.85. The van der Waals surface area contributed by atoms with Crippen molar-refractivity contribution in [2.45, 2.75) is 17.3 Å². The Morgan fingerprint density at radius 3 is 2.50 bits per heavy atom. The largest absolute Gasteiger partial charge is 0.348 e. The van der Waals surface area contributed by atoms with Crippen LogP contribution in [-0.2, 0) is 12.4 Å². The third-order valence-electron chi connectivity index (χ3n) is 2.95. The van der Waals surface area contributed by atoms with Crippen LogP contribution in [0.4, 0.5) is 0 Å². The zero-order chi connectivity index (χ0) is 14.4. The Morgan fingerprint density at radius 1 is 1.15 bits per heavy atom. The predicted molar refractivity (Wildman–Crippen MR) is 85.4 cm³/mol. The Kier molecular flexibility index (Phi) is 5.50. The van der Waals surface area contributed by atoms with Gasteiger partial charge in [0, 0.05) is 22.9 Å². The van der Waals surface area contributed by atoms with E-state index in [1.807, 2.05) is 54.8 Å². The summed E-state index contributed by atoms with van der Waals surface area (Å²) >= 11 is 7.46. The Morgan fingerprint density at radius 2 is 1.85 bits per heavy atom. The van der Waals surface area contributed by atoms with Crippen LogP contribution in [0.1, 0.15) is 21.5 Å². The molecule has 0 saturated carbocycles. The molecule has 4 heteroatoms. The molecule has 2 nitrogen and oxygen atoms in total. The molecule has 0 aliphatic heterocycles. The zero-order valence-electron chi connectivity index (χ0n) is 11.2. The van der Waals surface area contributed by atoms with Gasteiger partial charge < -0.3 is 5.32 Å². The van der Waals surface area contributed by atoms with Gasteiger partial charge in [-0.3, -0.25) is 4.79 Å². The minimum atomic E-state index is -0.0612. The maximum atomic E-state index is 12.0. The van der Waals surface area contributed by atoms with Crippen LogP contribution < -0.4 is 5.32 Å². The molecule has 0 spiro atoms. The summed E-state index contributed by atoms with van der Waals surface area (Å²) in [5.41, 5.74) is 2.79. The van der Waals surface area contributed by atoms with Crippen molar-refractivity contribution in [3.63, 3.8) is 0 Å². The highest BCUT2D eigenvalue weighted by molar-refractivity contribution is 7.98. The Bertz CT molecular complexity index is 583. The van der Waals surface area contributed by atoms with Crippen molar-refractivity contribution in [3.8, 4) is 0 Å². The monoisotopic (exact) mass is 305 g/mol. The zero-order valence-corrected chi connectivity index (χ0v) is 12.8. The molecule has 0 unspecified atom stereocenters. The van der Waals surface area contributed by atoms with E-state index >= 15 is 0 Å². The summed E-state index contributed by atoms with van der Waals surface area (Å²) in [7, 11) is 0. The third-order valence-corrected chi connectivity index (χ3v) is 4.00. The van der Waals surface area contributed by atoms with Gasteiger partial charge in [0.2, 0.25) is 0 Å². The number of hydrogen-bond acceptors (Lipinski definition) is 2. The number of hydrogen-bond donors (Lipinski definition) is 1. The lowest BCUT2D eigenvalue weighted by Crippen LogP contribution is -2.22. The van der Waals surface area contributed by atoms with Crippen molar-refractivity contribution in [1.82, 2.24) is 5.32 Å². The number of carbonyl (C=O) groups is 1. The van der Waals surface area contributed by atoms with Gasteiger partial charge in [-0.05, 0) is 41.6 Å². The van der Waals surface area contributed by atoms with Gasteiger partial charge in [0.25, 0.3) is 5.91 Å². The number of thioether (sulfide) groups is 1. The van der Waals surface area contributed by atoms with Crippen molar-refractivity contribution in [1.29, 1.82) is 0 Å². The summed E-state index contributed by atoms with van der Waals surface area (Å²) in [6.07, 6.45) is 2.01. The smallest absolute Gasteiger partial charge is 0.251 e. The number of nitrogens with one attached hydrogen (secondary N) is 1. The molecule has 2 aromatic rings. The second-order valence-electron chi connectivity index (χ2n) is 4.36. The molecule has 20 heavy (non-hydrogen) atoms. The summed E-state index contributed by atoms with van der Waals surface area (Å²) in [6.45, 7) is 0.508. The van der Waals surface area contributed by atoms with Crippen LogP contribution in [0, 0.1) is 0 Å². The number of halogens is 1. The minimum absolute atomic E-state index is 0.0612. The van der Waals surface area contributed by atoms with Crippen LogP contribution in [0.25, 0.3) is 0 Å². The van der Waals surface area contributed by atoms with Crippen LogP contribution in [0.3, 0.4) is 0 Å². The minimum Gasteiger partial charge on any atom is -0.348 e. The predicted octanol–water partition coefficient (Wildman–Crippen LogP) is 4.08. The highest BCUT2D eigenvalue weighted by atomic mass is 35.5. The molecule has 2 rings (SSSR count). The van der Waals surface area contributed by atoms with Gasteiger partial charge in [0.15, 0.2) is 0 Å². The molecule has 0 aliphatic rings. The number of rotatable bonds is 5. The summed E-state index contributed by atoms with van der Waals surface area (Å²) in [4.78, 5) is 13.2.